The third kappa shape index (κ3) is 5.49. The van der Waals surface area contributed by atoms with Crippen LogP contribution in [0.25, 0.3) is 0 Å². The molecule has 228 valence electrons. The maximum atomic E-state index is 12.8. The van der Waals surface area contributed by atoms with E-state index in [1.807, 2.05) is 0 Å². The maximum absolute atomic E-state index is 12.8. The van der Waals surface area contributed by atoms with E-state index < -0.39 is 21.9 Å². The third-order valence-electron chi connectivity index (χ3n) is 12.7. The number of ether oxygens (including phenoxy) is 1. The van der Waals surface area contributed by atoms with Gasteiger partial charge in [0.1, 0.15) is 0 Å². The highest BCUT2D eigenvalue weighted by Crippen LogP contribution is 2.69. The number of nitrogens with one attached hydrogen (secondary N) is 1. The summed E-state index contributed by atoms with van der Waals surface area (Å²) in [7, 11) is -2.72. The van der Waals surface area contributed by atoms with Crippen molar-refractivity contribution in [3.05, 3.63) is 29.8 Å². The number of esters is 1. The Morgan fingerprint density at radius 1 is 0.976 bits per heavy atom. The standard InChI is InChI=1S/C34H51NO5S/c1-6-23-21-26-29-16-15-27(34(29,4)20-18-30(26)33(3)19-8-7-9-28(23)33)22(2)10-17-31(36)35-41(38,39)25-13-11-24(12-14-25)32(37)40-5/h11-14,22-23,26-30H,6-10,15-21H2,1-5H3,(H,35,36)/t22-,23+,26?,27-,28+,29?,30?,33+,34-/m1/s1. The lowest BCUT2D eigenvalue weighted by molar-refractivity contribution is -0.138. The highest BCUT2D eigenvalue weighted by Gasteiger charge is 2.61. The molecule has 41 heavy (non-hydrogen) atoms. The van der Waals surface area contributed by atoms with Crippen molar-refractivity contribution in [1.82, 2.24) is 4.72 Å². The number of sulfonamides is 1. The summed E-state index contributed by atoms with van der Waals surface area (Å²) in [6.07, 6.45) is 14.5. The van der Waals surface area contributed by atoms with E-state index in [0.29, 0.717) is 29.1 Å². The van der Waals surface area contributed by atoms with Gasteiger partial charge in [-0.25, -0.2) is 17.9 Å². The van der Waals surface area contributed by atoms with Crippen LogP contribution < -0.4 is 4.72 Å². The van der Waals surface area contributed by atoms with Gasteiger partial charge >= 0.3 is 5.97 Å². The van der Waals surface area contributed by atoms with Gasteiger partial charge < -0.3 is 4.74 Å². The molecule has 0 bridgehead atoms. The van der Waals surface area contributed by atoms with E-state index in [4.69, 9.17) is 0 Å². The summed E-state index contributed by atoms with van der Waals surface area (Å²) in [5, 5.41) is 0. The average molecular weight is 586 g/mol. The second kappa shape index (κ2) is 11.7. The van der Waals surface area contributed by atoms with Crippen LogP contribution in [0, 0.1) is 52.3 Å². The van der Waals surface area contributed by atoms with Crippen molar-refractivity contribution in [1.29, 1.82) is 0 Å². The molecule has 1 aromatic carbocycles. The number of hydrogen-bond donors (Lipinski definition) is 1. The summed E-state index contributed by atoms with van der Waals surface area (Å²) in [5.74, 6) is 4.25. The highest BCUT2D eigenvalue weighted by molar-refractivity contribution is 7.90. The van der Waals surface area contributed by atoms with Crippen LogP contribution in [0.2, 0.25) is 0 Å². The van der Waals surface area contributed by atoms with Gasteiger partial charge in [-0.3, -0.25) is 4.79 Å². The number of rotatable bonds is 8. The number of benzene rings is 1. The Labute approximate surface area is 247 Å². The highest BCUT2D eigenvalue weighted by atomic mass is 32.2. The molecule has 4 fully saturated rings. The molecule has 0 spiro atoms. The summed E-state index contributed by atoms with van der Waals surface area (Å²) in [5.41, 5.74) is 1.10. The summed E-state index contributed by atoms with van der Waals surface area (Å²) in [4.78, 5) is 24.4. The fraction of sp³-hybridized carbons (Fsp3) is 0.765. The van der Waals surface area contributed by atoms with Gasteiger partial charge in [0.25, 0.3) is 10.0 Å². The molecule has 5 rings (SSSR count). The minimum Gasteiger partial charge on any atom is -0.465 e. The van der Waals surface area contributed by atoms with Crippen LogP contribution in [0.1, 0.15) is 115 Å². The number of amides is 1. The van der Waals surface area contributed by atoms with Gasteiger partial charge in [0.15, 0.2) is 0 Å². The molecule has 0 aliphatic heterocycles. The number of carbonyl (C=O) groups is 2. The van der Waals surface area contributed by atoms with E-state index in [-0.39, 0.29) is 16.9 Å². The van der Waals surface area contributed by atoms with Crippen molar-refractivity contribution in [3.8, 4) is 0 Å². The Balaban J connectivity index is 1.21. The molecule has 4 saturated carbocycles. The molecule has 6 nitrogen and oxygen atoms in total. The number of carbonyl (C=O) groups excluding carboxylic acids is 2. The molecule has 4 aliphatic rings. The van der Waals surface area contributed by atoms with Crippen molar-refractivity contribution in [3.63, 3.8) is 0 Å². The normalized spacial score (nSPS) is 37.3. The zero-order valence-corrected chi connectivity index (χ0v) is 26.6. The topological polar surface area (TPSA) is 89.5 Å². The van der Waals surface area contributed by atoms with Gasteiger partial charge in [-0.1, -0.05) is 47.0 Å². The fourth-order valence-corrected chi connectivity index (χ4v) is 11.7. The van der Waals surface area contributed by atoms with Crippen LogP contribution in [-0.2, 0) is 19.6 Å². The number of fused-ring (bicyclic) bond motifs is 5. The largest absolute Gasteiger partial charge is 0.465 e. The summed E-state index contributed by atoms with van der Waals surface area (Å²) >= 11 is 0. The van der Waals surface area contributed by atoms with Gasteiger partial charge in [0, 0.05) is 6.42 Å². The van der Waals surface area contributed by atoms with Crippen molar-refractivity contribution < 1.29 is 22.7 Å². The first-order valence-electron chi connectivity index (χ1n) is 16.2. The zero-order chi connectivity index (χ0) is 29.6. The molecule has 0 heterocycles. The van der Waals surface area contributed by atoms with E-state index in [9.17, 15) is 18.0 Å². The summed E-state index contributed by atoms with van der Waals surface area (Å²) in [6, 6.07) is 5.43. The first-order chi connectivity index (χ1) is 19.4. The quantitative estimate of drug-likeness (QED) is 0.322. The number of hydrogen-bond acceptors (Lipinski definition) is 5. The van der Waals surface area contributed by atoms with Crippen LogP contribution in [0.15, 0.2) is 29.2 Å². The smallest absolute Gasteiger partial charge is 0.337 e. The molecule has 1 N–H and O–H groups in total. The van der Waals surface area contributed by atoms with Crippen LogP contribution in [0.3, 0.4) is 0 Å². The van der Waals surface area contributed by atoms with Crippen LogP contribution in [-0.4, -0.2) is 27.4 Å². The monoisotopic (exact) mass is 585 g/mol. The lowest BCUT2D eigenvalue weighted by atomic mass is 9.42. The van der Waals surface area contributed by atoms with Crippen LogP contribution >= 0.6 is 0 Å². The lowest BCUT2D eigenvalue weighted by Crippen LogP contribution is -2.55. The van der Waals surface area contributed by atoms with Crippen molar-refractivity contribution in [2.24, 2.45) is 52.3 Å². The van der Waals surface area contributed by atoms with Crippen LogP contribution in [0.5, 0.6) is 0 Å². The second-order valence-electron chi connectivity index (χ2n) is 14.4. The van der Waals surface area contributed by atoms with Crippen molar-refractivity contribution >= 4 is 21.9 Å². The Hall–Kier alpha value is -1.89. The van der Waals surface area contributed by atoms with Gasteiger partial charge in [-0.05, 0) is 128 Å². The zero-order valence-electron chi connectivity index (χ0n) is 25.8. The van der Waals surface area contributed by atoms with E-state index in [0.717, 1.165) is 29.6 Å². The van der Waals surface area contributed by atoms with Crippen LogP contribution in [0.4, 0.5) is 0 Å². The predicted octanol–water partition coefficient (Wildman–Crippen LogP) is 7.38. The Bertz CT molecular complexity index is 1230. The second-order valence-corrected chi connectivity index (χ2v) is 16.1. The molecule has 1 aromatic rings. The first-order valence-corrected chi connectivity index (χ1v) is 17.7. The molecule has 3 unspecified atom stereocenters. The first kappa shape index (κ1) is 30.6. The van der Waals surface area contributed by atoms with E-state index in [1.54, 1.807) is 0 Å². The minimum absolute atomic E-state index is 0.0405. The Morgan fingerprint density at radius 2 is 1.68 bits per heavy atom. The number of methoxy groups -OCH3 is 1. The lowest BCUT2D eigenvalue weighted by Gasteiger charge is -2.63. The maximum Gasteiger partial charge on any atom is 0.337 e. The van der Waals surface area contributed by atoms with Gasteiger partial charge in [0.05, 0.1) is 17.6 Å². The molecule has 9 atom stereocenters. The fourth-order valence-electron chi connectivity index (χ4n) is 10.7. The van der Waals surface area contributed by atoms with Crippen molar-refractivity contribution in [2.45, 2.75) is 110 Å². The molecular weight excluding hydrogens is 534 g/mol. The summed E-state index contributed by atoms with van der Waals surface area (Å²) in [6.45, 7) is 9.92. The van der Waals surface area contributed by atoms with Gasteiger partial charge in [-0.15, -0.1) is 0 Å². The predicted molar refractivity (Wildman–Crippen MR) is 161 cm³/mol. The molecule has 0 radical (unpaired) electrons. The van der Waals surface area contributed by atoms with E-state index in [1.165, 1.54) is 95.6 Å². The Morgan fingerprint density at radius 3 is 2.37 bits per heavy atom. The molecular formula is C34H51NO5S. The van der Waals surface area contributed by atoms with Gasteiger partial charge in [-0.2, -0.15) is 0 Å². The molecule has 0 saturated heterocycles. The van der Waals surface area contributed by atoms with Gasteiger partial charge in [0.2, 0.25) is 5.91 Å². The van der Waals surface area contributed by atoms with E-state index in [2.05, 4.69) is 37.2 Å². The molecule has 4 aliphatic carbocycles. The third-order valence-corrected chi connectivity index (χ3v) is 14.1. The molecule has 1 amide bonds. The summed E-state index contributed by atoms with van der Waals surface area (Å²) < 4.78 is 32.5. The molecule has 7 heteroatoms. The molecule has 0 aromatic heterocycles. The Kier molecular flexibility index (Phi) is 8.69. The average Bonchev–Trinajstić information content (AvgIpc) is 3.32. The SMILES string of the molecule is CC[C@H]1CC2C3CC[C@H]([C@H](C)CCC(=O)NS(=O)(=O)c4ccc(C(=O)OC)cc4)[C@@]3(C)CCC2[C@@]2(C)CCCC[C@@H]12. The van der Waals surface area contributed by atoms with E-state index >= 15 is 0 Å². The minimum atomic E-state index is -4.00. The van der Waals surface area contributed by atoms with Crippen molar-refractivity contribution in [2.75, 3.05) is 7.11 Å².